The Morgan fingerprint density at radius 1 is 1.36 bits per heavy atom. The molecule has 0 saturated carbocycles. The van der Waals surface area contributed by atoms with E-state index in [9.17, 15) is 5.11 Å². The maximum atomic E-state index is 10.3. The van der Waals surface area contributed by atoms with Crippen LogP contribution in [0.5, 0.6) is 0 Å². The second-order valence-electron chi connectivity index (χ2n) is 6.73. The summed E-state index contributed by atoms with van der Waals surface area (Å²) < 4.78 is 7.57. The van der Waals surface area contributed by atoms with Crippen molar-refractivity contribution in [1.29, 1.82) is 0 Å². The summed E-state index contributed by atoms with van der Waals surface area (Å²) in [5.41, 5.74) is 2.04. The number of aromatic nitrogens is 2. The van der Waals surface area contributed by atoms with Crippen molar-refractivity contribution in [2.24, 2.45) is 0 Å². The predicted octanol–water partition coefficient (Wildman–Crippen LogP) is 0.863. The summed E-state index contributed by atoms with van der Waals surface area (Å²) in [7, 11) is 3.94. The molecule has 6 nitrogen and oxygen atoms in total. The molecule has 124 valence electrons. The number of nitrogens with zero attached hydrogens (tertiary/aromatic N) is 4. The van der Waals surface area contributed by atoms with Crippen LogP contribution in [0, 0.1) is 0 Å². The summed E-state index contributed by atoms with van der Waals surface area (Å²) in [5, 5.41) is 14.9. The van der Waals surface area contributed by atoms with Crippen LogP contribution in [0.3, 0.4) is 0 Å². The van der Waals surface area contributed by atoms with E-state index in [4.69, 9.17) is 4.74 Å². The lowest BCUT2D eigenvalue weighted by Crippen LogP contribution is -2.39. The molecule has 0 bridgehead atoms. The van der Waals surface area contributed by atoms with Gasteiger partial charge in [-0.3, -0.25) is 9.58 Å². The van der Waals surface area contributed by atoms with Gasteiger partial charge in [-0.1, -0.05) is 0 Å². The van der Waals surface area contributed by atoms with Gasteiger partial charge in [0.25, 0.3) is 0 Å². The van der Waals surface area contributed by atoms with Crippen LogP contribution in [-0.4, -0.2) is 71.1 Å². The van der Waals surface area contributed by atoms with Crippen molar-refractivity contribution in [3.63, 3.8) is 0 Å². The van der Waals surface area contributed by atoms with Gasteiger partial charge in [0, 0.05) is 45.4 Å². The summed E-state index contributed by atoms with van der Waals surface area (Å²) in [4.78, 5) is 4.56. The lowest BCUT2D eigenvalue weighted by atomic mass is 10.1. The average molecular weight is 308 g/mol. The van der Waals surface area contributed by atoms with E-state index >= 15 is 0 Å². The number of aliphatic hydroxyl groups is 1. The van der Waals surface area contributed by atoms with E-state index in [0.29, 0.717) is 12.6 Å². The smallest absolute Gasteiger partial charge is 0.110 e. The van der Waals surface area contributed by atoms with Crippen molar-refractivity contribution in [1.82, 2.24) is 19.6 Å². The Morgan fingerprint density at radius 3 is 2.86 bits per heavy atom. The minimum absolute atomic E-state index is 0.508. The van der Waals surface area contributed by atoms with Gasteiger partial charge in [-0.25, -0.2) is 0 Å². The zero-order valence-corrected chi connectivity index (χ0v) is 13.7. The second-order valence-corrected chi connectivity index (χ2v) is 6.73. The molecule has 2 aliphatic rings. The van der Waals surface area contributed by atoms with Crippen molar-refractivity contribution in [2.45, 2.75) is 44.5 Å². The number of aliphatic hydroxyl groups excluding tert-OH is 1. The highest BCUT2D eigenvalue weighted by atomic mass is 16.5. The summed E-state index contributed by atoms with van der Waals surface area (Å²) in [6.07, 6.45) is 2.87. The molecule has 1 fully saturated rings. The summed E-state index contributed by atoms with van der Waals surface area (Å²) >= 11 is 0. The molecular weight excluding hydrogens is 280 g/mol. The van der Waals surface area contributed by atoms with Gasteiger partial charge in [-0.15, -0.1) is 0 Å². The number of aryl methyl sites for hydroxylation is 1. The highest BCUT2D eigenvalue weighted by molar-refractivity contribution is 5.14. The van der Waals surface area contributed by atoms with E-state index in [0.717, 1.165) is 57.8 Å². The molecule has 1 aromatic rings. The third-order valence-corrected chi connectivity index (χ3v) is 4.65. The Hall–Kier alpha value is -0.950. The molecule has 1 unspecified atom stereocenters. The molecule has 0 radical (unpaired) electrons. The van der Waals surface area contributed by atoms with Crippen molar-refractivity contribution in [2.75, 3.05) is 40.4 Å². The van der Waals surface area contributed by atoms with Gasteiger partial charge in [0.05, 0.1) is 11.4 Å². The largest absolute Gasteiger partial charge is 0.385 e. The molecule has 1 saturated heterocycles. The molecule has 0 amide bonds. The maximum absolute atomic E-state index is 10.3. The standard InChI is InChI=1S/C16H28N4O2/c1-18(2)12-16(21)15-10-14-11-19(6-3-7-20(14)17-15)13-4-8-22-9-5-13/h10,13,16,21H,3-9,11-12H2,1-2H3. The molecule has 1 atom stereocenters. The van der Waals surface area contributed by atoms with E-state index in [1.165, 1.54) is 5.69 Å². The SMILES string of the molecule is CN(C)CC(O)c1cc2n(n1)CCCN(C1CCOCC1)C2. The van der Waals surface area contributed by atoms with E-state index < -0.39 is 6.10 Å². The van der Waals surface area contributed by atoms with Gasteiger partial charge >= 0.3 is 0 Å². The van der Waals surface area contributed by atoms with Crippen LogP contribution in [-0.2, 0) is 17.8 Å². The molecule has 1 N–H and O–H groups in total. The molecule has 22 heavy (non-hydrogen) atoms. The number of rotatable bonds is 4. The van der Waals surface area contributed by atoms with Crippen LogP contribution >= 0.6 is 0 Å². The monoisotopic (exact) mass is 308 g/mol. The number of hydrogen-bond donors (Lipinski definition) is 1. The van der Waals surface area contributed by atoms with Gasteiger partial charge in [0.1, 0.15) is 6.10 Å². The van der Waals surface area contributed by atoms with Crippen molar-refractivity contribution in [3.8, 4) is 0 Å². The lowest BCUT2D eigenvalue weighted by molar-refractivity contribution is 0.0315. The van der Waals surface area contributed by atoms with Gasteiger partial charge < -0.3 is 14.7 Å². The Labute approximate surface area is 132 Å². The first-order valence-electron chi connectivity index (χ1n) is 8.34. The van der Waals surface area contributed by atoms with E-state index in [1.807, 2.05) is 19.0 Å². The summed E-state index contributed by atoms with van der Waals surface area (Å²) in [6, 6.07) is 2.72. The van der Waals surface area contributed by atoms with Crippen molar-refractivity contribution < 1.29 is 9.84 Å². The van der Waals surface area contributed by atoms with E-state index in [1.54, 1.807) is 0 Å². The molecule has 6 heteroatoms. The van der Waals surface area contributed by atoms with E-state index in [-0.39, 0.29) is 0 Å². The molecule has 3 heterocycles. The van der Waals surface area contributed by atoms with Gasteiger partial charge in [0.2, 0.25) is 0 Å². The topological polar surface area (TPSA) is 53.8 Å². The number of hydrogen-bond acceptors (Lipinski definition) is 5. The second kappa shape index (κ2) is 7.08. The van der Waals surface area contributed by atoms with Gasteiger partial charge in [0.15, 0.2) is 0 Å². The average Bonchev–Trinajstić information content (AvgIpc) is 2.80. The number of ether oxygens (including phenoxy) is 1. The molecule has 0 spiro atoms. The first kappa shape index (κ1) is 15.9. The molecule has 0 aliphatic carbocycles. The third-order valence-electron chi connectivity index (χ3n) is 4.65. The molecule has 3 rings (SSSR count). The zero-order valence-electron chi connectivity index (χ0n) is 13.7. The summed E-state index contributed by atoms with van der Waals surface area (Å²) in [5.74, 6) is 0. The Bertz CT molecular complexity index is 482. The lowest BCUT2D eigenvalue weighted by Gasteiger charge is -2.33. The molecule has 0 aromatic carbocycles. The number of likely N-dealkylation sites (N-methyl/N-ethyl adjacent to an activating group) is 1. The fraction of sp³-hybridized carbons (Fsp3) is 0.812. The Morgan fingerprint density at radius 2 is 2.14 bits per heavy atom. The fourth-order valence-electron chi connectivity index (χ4n) is 3.47. The van der Waals surface area contributed by atoms with Crippen LogP contribution in [0.25, 0.3) is 0 Å². The van der Waals surface area contributed by atoms with E-state index in [2.05, 4.69) is 20.7 Å². The number of fused-ring (bicyclic) bond motifs is 1. The summed E-state index contributed by atoms with van der Waals surface area (Å²) in [6.45, 7) is 5.39. The highest BCUT2D eigenvalue weighted by Gasteiger charge is 2.25. The zero-order chi connectivity index (χ0) is 15.5. The minimum Gasteiger partial charge on any atom is -0.385 e. The Balaban J connectivity index is 1.70. The first-order valence-corrected chi connectivity index (χ1v) is 8.34. The van der Waals surface area contributed by atoms with Crippen LogP contribution in [0.4, 0.5) is 0 Å². The van der Waals surface area contributed by atoms with Crippen LogP contribution in [0.2, 0.25) is 0 Å². The normalized spacial score (nSPS) is 22.5. The van der Waals surface area contributed by atoms with Gasteiger partial charge in [-0.05, 0) is 39.4 Å². The minimum atomic E-state index is -0.508. The fourth-order valence-corrected chi connectivity index (χ4v) is 3.47. The predicted molar refractivity (Wildman–Crippen MR) is 84.6 cm³/mol. The van der Waals surface area contributed by atoms with Crippen LogP contribution < -0.4 is 0 Å². The molecule has 2 aliphatic heterocycles. The Kier molecular flexibility index (Phi) is 5.13. The highest BCUT2D eigenvalue weighted by Crippen LogP contribution is 2.23. The first-order chi connectivity index (χ1) is 10.6. The van der Waals surface area contributed by atoms with Crippen molar-refractivity contribution in [3.05, 3.63) is 17.5 Å². The van der Waals surface area contributed by atoms with Crippen molar-refractivity contribution >= 4 is 0 Å². The maximum Gasteiger partial charge on any atom is 0.110 e. The quantitative estimate of drug-likeness (QED) is 0.894. The molecule has 1 aromatic heterocycles. The van der Waals surface area contributed by atoms with Gasteiger partial charge in [-0.2, -0.15) is 5.10 Å². The van der Waals surface area contributed by atoms with Crippen LogP contribution in [0.15, 0.2) is 6.07 Å². The third kappa shape index (κ3) is 3.68. The van der Waals surface area contributed by atoms with Crippen LogP contribution in [0.1, 0.15) is 36.8 Å². The molecular formula is C16H28N4O2.